The standard InChI is InChI=1S/C21H15N5O/c27-21-17-11-14(6-7-19(17)23-13-24-21)10-16-12-22-20-9-8-18(25-26(16)20)15-4-2-1-3-5-15/h1-9,11-13H,10H2,(H,23,24,27). The molecular weight excluding hydrogens is 338 g/mol. The maximum absolute atomic E-state index is 12.0. The van der Waals surface area contributed by atoms with Crippen LogP contribution in [0.5, 0.6) is 0 Å². The zero-order chi connectivity index (χ0) is 18.2. The van der Waals surface area contributed by atoms with Gasteiger partial charge in [0.15, 0.2) is 5.65 Å². The maximum atomic E-state index is 12.0. The summed E-state index contributed by atoms with van der Waals surface area (Å²) >= 11 is 0. The molecule has 0 aliphatic heterocycles. The summed E-state index contributed by atoms with van der Waals surface area (Å²) in [6.45, 7) is 0. The third-order valence-electron chi connectivity index (χ3n) is 4.59. The molecule has 27 heavy (non-hydrogen) atoms. The lowest BCUT2D eigenvalue weighted by Gasteiger charge is -2.05. The number of H-pyrrole nitrogens is 1. The maximum Gasteiger partial charge on any atom is 0.258 e. The van der Waals surface area contributed by atoms with Crippen molar-refractivity contribution in [1.82, 2.24) is 24.6 Å². The van der Waals surface area contributed by atoms with Gasteiger partial charge in [0.1, 0.15) is 0 Å². The molecule has 1 N–H and O–H groups in total. The van der Waals surface area contributed by atoms with Crippen LogP contribution in [0.1, 0.15) is 11.3 Å². The van der Waals surface area contributed by atoms with Crippen LogP contribution >= 0.6 is 0 Å². The van der Waals surface area contributed by atoms with E-state index in [1.165, 1.54) is 6.33 Å². The summed E-state index contributed by atoms with van der Waals surface area (Å²) in [6.07, 6.45) is 3.87. The largest absolute Gasteiger partial charge is 0.313 e. The molecule has 0 amide bonds. The molecule has 0 unspecified atom stereocenters. The molecule has 0 saturated carbocycles. The van der Waals surface area contributed by atoms with E-state index in [4.69, 9.17) is 5.10 Å². The first-order valence-corrected chi connectivity index (χ1v) is 8.63. The Bertz CT molecular complexity index is 1320. The number of aromatic amines is 1. The highest BCUT2D eigenvalue weighted by Crippen LogP contribution is 2.19. The van der Waals surface area contributed by atoms with Crippen molar-refractivity contribution in [3.63, 3.8) is 0 Å². The summed E-state index contributed by atoms with van der Waals surface area (Å²) in [5, 5.41) is 5.34. The lowest BCUT2D eigenvalue weighted by Crippen LogP contribution is -2.07. The Morgan fingerprint density at radius 1 is 0.963 bits per heavy atom. The van der Waals surface area contributed by atoms with Gasteiger partial charge in [0, 0.05) is 12.0 Å². The number of nitrogens with zero attached hydrogens (tertiary/aromatic N) is 4. The molecule has 130 valence electrons. The molecule has 5 rings (SSSR count). The fourth-order valence-corrected chi connectivity index (χ4v) is 3.24. The quantitative estimate of drug-likeness (QED) is 0.540. The number of fused-ring (bicyclic) bond motifs is 2. The molecule has 0 saturated heterocycles. The Balaban J connectivity index is 1.57. The van der Waals surface area contributed by atoms with Gasteiger partial charge < -0.3 is 4.98 Å². The van der Waals surface area contributed by atoms with Gasteiger partial charge in [0.2, 0.25) is 0 Å². The van der Waals surface area contributed by atoms with E-state index in [0.29, 0.717) is 17.3 Å². The summed E-state index contributed by atoms with van der Waals surface area (Å²) in [6, 6.07) is 19.7. The molecule has 0 bridgehead atoms. The van der Waals surface area contributed by atoms with Crippen LogP contribution < -0.4 is 5.56 Å². The molecule has 3 aromatic heterocycles. The highest BCUT2D eigenvalue weighted by molar-refractivity contribution is 5.78. The van der Waals surface area contributed by atoms with Crippen LogP contribution in [0.2, 0.25) is 0 Å². The molecular formula is C21H15N5O. The first-order valence-electron chi connectivity index (χ1n) is 8.63. The Kier molecular flexibility index (Phi) is 3.53. The number of aromatic nitrogens is 5. The van der Waals surface area contributed by atoms with Crippen molar-refractivity contribution in [3.05, 3.63) is 94.8 Å². The van der Waals surface area contributed by atoms with Crippen molar-refractivity contribution < 1.29 is 0 Å². The Hall–Kier alpha value is -3.80. The first-order chi connectivity index (χ1) is 13.3. The van der Waals surface area contributed by atoms with Gasteiger partial charge in [-0.15, -0.1) is 0 Å². The van der Waals surface area contributed by atoms with Crippen LogP contribution in [-0.4, -0.2) is 24.6 Å². The van der Waals surface area contributed by atoms with Crippen molar-refractivity contribution in [2.45, 2.75) is 6.42 Å². The van der Waals surface area contributed by atoms with Gasteiger partial charge in [0.05, 0.1) is 34.8 Å². The van der Waals surface area contributed by atoms with Gasteiger partial charge in [-0.1, -0.05) is 36.4 Å². The molecule has 0 aliphatic rings. The number of imidazole rings is 1. The molecule has 6 nitrogen and oxygen atoms in total. The molecule has 0 radical (unpaired) electrons. The van der Waals surface area contributed by atoms with E-state index in [1.54, 1.807) is 0 Å². The SMILES string of the molecule is O=c1[nH]cnc2ccc(Cc3cnc4ccc(-c5ccccc5)nn34)cc12. The fourth-order valence-electron chi connectivity index (χ4n) is 3.24. The summed E-state index contributed by atoms with van der Waals surface area (Å²) in [5.41, 5.74) is 5.26. The number of nitrogens with one attached hydrogen (secondary N) is 1. The number of hydrogen-bond acceptors (Lipinski definition) is 4. The Morgan fingerprint density at radius 3 is 2.74 bits per heavy atom. The smallest absolute Gasteiger partial charge is 0.258 e. The van der Waals surface area contributed by atoms with Crippen LogP contribution in [0.3, 0.4) is 0 Å². The number of benzene rings is 2. The van der Waals surface area contributed by atoms with Crippen LogP contribution in [0, 0.1) is 0 Å². The van der Waals surface area contributed by atoms with Crippen molar-refractivity contribution in [2.24, 2.45) is 0 Å². The van der Waals surface area contributed by atoms with E-state index >= 15 is 0 Å². The van der Waals surface area contributed by atoms with Gasteiger partial charge >= 0.3 is 0 Å². The van der Waals surface area contributed by atoms with E-state index in [1.807, 2.05) is 71.4 Å². The molecule has 0 atom stereocenters. The van der Waals surface area contributed by atoms with E-state index in [-0.39, 0.29) is 5.56 Å². The Morgan fingerprint density at radius 2 is 1.85 bits per heavy atom. The fraction of sp³-hybridized carbons (Fsp3) is 0.0476. The molecule has 0 fully saturated rings. The van der Waals surface area contributed by atoms with Crippen molar-refractivity contribution in [2.75, 3.05) is 0 Å². The lowest BCUT2D eigenvalue weighted by molar-refractivity contribution is 0.876. The molecule has 0 spiro atoms. The zero-order valence-electron chi connectivity index (χ0n) is 14.3. The van der Waals surface area contributed by atoms with Gasteiger partial charge in [-0.05, 0) is 29.8 Å². The predicted molar refractivity (Wildman–Crippen MR) is 104 cm³/mol. The van der Waals surface area contributed by atoms with Gasteiger partial charge in [-0.25, -0.2) is 14.5 Å². The van der Waals surface area contributed by atoms with E-state index in [0.717, 1.165) is 28.2 Å². The average molecular weight is 353 g/mol. The third-order valence-corrected chi connectivity index (χ3v) is 4.59. The van der Waals surface area contributed by atoms with E-state index < -0.39 is 0 Å². The molecule has 2 aromatic carbocycles. The predicted octanol–water partition coefficient (Wildman–Crippen LogP) is 3.22. The summed E-state index contributed by atoms with van der Waals surface area (Å²) in [4.78, 5) is 23.3. The van der Waals surface area contributed by atoms with Crippen molar-refractivity contribution in [3.8, 4) is 11.3 Å². The van der Waals surface area contributed by atoms with Crippen LogP contribution in [0.4, 0.5) is 0 Å². The number of rotatable bonds is 3. The van der Waals surface area contributed by atoms with E-state index in [2.05, 4.69) is 15.0 Å². The van der Waals surface area contributed by atoms with Crippen molar-refractivity contribution in [1.29, 1.82) is 0 Å². The first kappa shape index (κ1) is 15.5. The van der Waals surface area contributed by atoms with Crippen LogP contribution in [0.25, 0.3) is 27.8 Å². The second kappa shape index (κ2) is 6.17. The summed E-state index contributed by atoms with van der Waals surface area (Å²) in [5.74, 6) is 0. The highest BCUT2D eigenvalue weighted by atomic mass is 16.1. The second-order valence-corrected chi connectivity index (χ2v) is 6.36. The summed E-state index contributed by atoms with van der Waals surface area (Å²) < 4.78 is 1.86. The Labute approximate surface area is 154 Å². The van der Waals surface area contributed by atoms with Gasteiger partial charge in [-0.3, -0.25) is 4.79 Å². The van der Waals surface area contributed by atoms with E-state index in [9.17, 15) is 4.79 Å². The average Bonchev–Trinajstić information content (AvgIpc) is 3.11. The van der Waals surface area contributed by atoms with Crippen molar-refractivity contribution >= 4 is 16.6 Å². The molecule has 3 heterocycles. The summed E-state index contributed by atoms with van der Waals surface area (Å²) in [7, 11) is 0. The highest BCUT2D eigenvalue weighted by Gasteiger charge is 2.09. The molecule has 6 heteroatoms. The third kappa shape index (κ3) is 2.77. The topological polar surface area (TPSA) is 75.9 Å². The minimum atomic E-state index is -0.135. The van der Waals surface area contributed by atoms with Gasteiger partial charge in [0.25, 0.3) is 5.56 Å². The minimum absolute atomic E-state index is 0.135. The minimum Gasteiger partial charge on any atom is -0.313 e. The normalized spacial score (nSPS) is 11.3. The molecule has 5 aromatic rings. The van der Waals surface area contributed by atoms with Crippen LogP contribution in [-0.2, 0) is 6.42 Å². The number of hydrogen-bond donors (Lipinski definition) is 1. The van der Waals surface area contributed by atoms with Crippen LogP contribution in [0.15, 0.2) is 78.0 Å². The second-order valence-electron chi connectivity index (χ2n) is 6.36. The lowest BCUT2D eigenvalue weighted by atomic mass is 10.1. The molecule has 0 aliphatic carbocycles. The zero-order valence-corrected chi connectivity index (χ0v) is 14.3. The monoisotopic (exact) mass is 353 g/mol. The van der Waals surface area contributed by atoms with Gasteiger partial charge in [-0.2, -0.15) is 5.10 Å².